The third-order valence-electron chi connectivity index (χ3n) is 4.73. The maximum atomic E-state index is 13.0. The summed E-state index contributed by atoms with van der Waals surface area (Å²) < 4.78 is 5.36. The highest BCUT2D eigenvalue weighted by atomic mass is 35.5. The molecule has 156 valence electrons. The van der Waals surface area contributed by atoms with Crippen LogP contribution in [0.25, 0.3) is 6.08 Å². The van der Waals surface area contributed by atoms with Crippen molar-refractivity contribution in [3.05, 3.63) is 99.4 Å². The molecule has 0 saturated heterocycles. The molecule has 2 aromatic carbocycles. The number of allylic oxidation sites excluding steroid dienone is 2. The van der Waals surface area contributed by atoms with E-state index in [4.69, 9.17) is 16.3 Å². The number of hydrogen-bond donors (Lipinski definition) is 2. The molecule has 1 atom stereocenters. The molecule has 0 aromatic heterocycles. The fourth-order valence-electron chi connectivity index (χ4n) is 3.39. The molecular formula is C24H19ClN2O4. The smallest absolute Gasteiger partial charge is 0.338 e. The molecule has 31 heavy (non-hydrogen) atoms. The quantitative estimate of drug-likeness (QED) is 0.653. The third kappa shape index (κ3) is 5.03. The number of esters is 1. The van der Waals surface area contributed by atoms with Gasteiger partial charge < -0.3 is 15.2 Å². The summed E-state index contributed by atoms with van der Waals surface area (Å²) >= 11 is 6.10. The second-order valence-electron chi connectivity index (χ2n) is 6.77. The predicted octanol–water partition coefficient (Wildman–Crippen LogP) is 4.42. The summed E-state index contributed by atoms with van der Waals surface area (Å²) in [5.41, 5.74) is 1.52. The van der Waals surface area contributed by atoms with Crippen LogP contribution in [0.3, 0.4) is 0 Å². The Morgan fingerprint density at radius 2 is 1.94 bits per heavy atom. The van der Waals surface area contributed by atoms with E-state index < -0.39 is 17.9 Å². The first-order chi connectivity index (χ1) is 14.9. The Morgan fingerprint density at radius 1 is 1.19 bits per heavy atom. The Bertz CT molecular complexity index is 1140. The number of carboxylic acid groups (broad SMARTS) is 1. The highest BCUT2D eigenvalue weighted by Crippen LogP contribution is 2.39. The van der Waals surface area contributed by atoms with E-state index in [-0.39, 0.29) is 29.1 Å². The summed E-state index contributed by atoms with van der Waals surface area (Å²) in [5, 5.41) is 22.5. The summed E-state index contributed by atoms with van der Waals surface area (Å²) in [6.07, 6.45) is 3.47. The molecule has 3 rings (SSSR count). The Kier molecular flexibility index (Phi) is 6.91. The number of nitrogens with zero attached hydrogens (tertiary/aromatic N) is 1. The van der Waals surface area contributed by atoms with Crippen molar-refractivity contribution in [3.8, 4) is 6.07 Å². The lowest BCUT2D eigenvalue weighted by atomic mass is 9.80. The van der Waals surface area contributed by atoms with Crippen LogP contribution in [-0.2, 0) is 14.3 Å². The first-order valence-corrected chi connectivity index (χ1v) is 9.79. The van der Waals surface area contributed by atoms with Gasteiger partial charge in [-0.3, -0.25) is 0 Å². The molecule has 0 spiro atoms. The molecule has 1 aliphatic rings. The zero-order valence-corrected chi connectivity index (χ0v) is 17.4. The maximum Gasteiger partial charge on any atom is 0.338 e. The lowest BCUT2D eigenvalue weighted by molar-refractivity contribution is -0.138. The molecular weight excluding hydrogens is 416 g/mol. The lowest BCUT2D eigenvalue weighted by Crippen LogP contribution is -2.32. The predicted molar refractivity (Wildman–Crippen MR) is 117 cm³/mol. The largest absolute Gasteiger partial charge is 0.478 e. The van der Waals surface area contributed by atoms with Gasteiger partial charge in [-0.05, 0) is 36.3 Å². The van der Waals surface area contributed by atoms with Gasteiger partial charge in [0.15, 0.2) is 0 Å². The van der Waals surface area contributed by atoms with Crippen molar-refractivity contribution in [2.75, 3.05) is 6.61 Å². The van der Waals surface area contributed by atoms with Crippen LogP contribution in [0.1, 0.15) is 24.0 Å². The second-order valence-corrected chi connectivity index (χ2v) is 7.21. The first kappa shape index (κ1) is 21.9. The molecule has 7 heteroatoms. The molecule has 2 N–H and O–H groups in total. The monoisotopic (exact) mass is 434 g/mol. The van der Waals surface area contributed by atoms with Crippen LogP contribution in [0.15, 0.2) is 83.2 Å². The minimum Gasteiger partial charge on any atom is -0.478 e. The summed E-state index contributed by atoms with van der Waals surface area (Å²) in [6.45, 7) is 1.51. The van der Waals surface area contributed by atoms with Crippen molar-refractivity contribution in [3.63, 3.8) is 0 Å². The van der Waals surface area contributed by atoms with Crippen LogP contribution in [0, 0.1) is 11.3 Å². The minimum absolute atomic E-state index is 0.0384. The molecule has 0 amide bonds. The highest BCUT2D eigenvalue weighted by molar-refractivity contribution is 6.30. The van der Waals surface area contributed by atoms with E-state index in [1.807, 2.05) is 36.4 Å². The average Bonchev–Trinajstić information content (AvgIpc) is 2.76. The fourth-order valence-corrected chi connectivity index (χ4v) is 3.59. The van der Waals surface area contributed by atoms with Crippen LogP contribution >= 0.6 is 11.6 Å². The summed E-state index contributed by atoms with van der Waals surface area (Å²) in [7, 11) is 0. The van der Waals surface area contributed by atoms with Gasteiger partial charge >= 0.3 is 11.9 Å². The SMILES string of the molecule is CC1=C(C(=O)O)C(c2cccc(Cl)c2)C(C(=O)OCC=Cc2ccccc2)=C(C#N)N1. The number of carbonyl (C=O) groups excluding carboxylic acids is 1. The van der Waals surface area contributed by atoms with Gasteiger partial charge in [0.25, 0.3) is 0 Å². The van der Waals surface area contributed by atoms with Crippen LogP contribution < -0.4 is 5.32 Å². The number of hydrogen-bond acceptors (Lipinski definition) is 5. The Hall–Kier alpha value is -3.82. The molecule has 0 fully saturated rings. The molecule has 6 nitrogen and oxygen atoms in total. The van der Waals surface area contributed by atoms with Crippen molar-refractivity contribution in [1.29, 1.82) is 5.26 Å². The van der Waals surface area contributed by atoms with E-state index in [9.17, 15) is 20.0 Å². The third-order valence-corrected chi connectivity index (χ3v) is 4.96. The van der Waals surface area contributed by atoms with Gasteiger partial charge in [-0.1, -0.05) is 60.1 Å². The molecule has 0 saturated carbocycles. The van der Waals surface area contributed by atoms with Crippen LogP contribution in [0.4, 0.5) is 0 Å². The van der Waals surface area contributed by atoms with Gasteiger partial charge in [-0.25, -0.2) is 9.59 Å². The van der Waals surface area contributed by atoms with E-state index in [0.717, 1.165) is 5.56 Å². The Balaban J connectivity index is 1.94. The Labute approximate surface area is 184 Å². The van der Waals surface area contributed by atoms with Gasteiger partial charge in [0.2, 0.25) is 0 Å². The molecule has 1 aliphatic heterocycles. The highest BCUT2D eigenvalue weighted by Gasteiger charge is 2.38. The molecule has 0 aliphatic carbocycles. The number of nitriles is 1. The van der Waals surface area contributed by atoms with Crippen molar-refractivity contribution < 1.29 is 19.4 Å². The number of aliphatic carboxylic acids is 1. The Morgan fingerprint density at radius 3 is 2.58 bits per heavy atom. The average molecular weight is 435 g/mol. The van der Waals surface area contributed by atoms with Gasteiger partial charge in [0.1, 0.15) is 18.4 Å². The van der Waals surface area contributed by atoms with E-state index in [1.54, 1.807) is 43.3 Å². The molecule has 1 heterocycles. The molecule has 1 unspecified atom stereocenters. The number of ether oxygens (including phenoxy) is 1. The van der Waals surface area contributed by atoms with Crippen molar-refractivity contribution in [1.82, 2.24) is 5.32 Å². The number of rotatable bonds is 6. The number of carboxylic acids is 1. The maximum absolute atomic E-state index is 13.0. The van der Waals surface area contributed by atoms with Crippen LogP contribution in [0.2, 0.25) is 5.02 Å². The van der Waals surface area contributed by atoms with Gasteiger partial charge in [-0.15, -0.1) is 0 Å². The number of halogens is 1. The number of carbonyl (C=O) groups is 2. The summed E-state index contributed by atoms with van der Waals surface area (Å²) in [4.78, 5) is 25.0. The lowest BCUT2D eigenvalue weighted by Gasteiger charge is -2.28. The number of nitrogens with one attached hydrogen (secondary N) is 1. The number of benzene rings is 2. The zero-order valence-electron chi connectivity index (χ0n) is 16.6. The zero-order chi connectivity index (χ0) is 22.4. The minimum atomic E-state index is -1.21. The molecule has 0 radical (unpaired) electrons. The van der Waals surface area contributed by atoms with Gasteiger partial charge in [0.05, 0.1) is 17.1 Å². The van der Waals surface area contributed by atoms with E-state index in [1.165, 1.54) is 0 Å². The number of dihydropyridines is 1. The fraction of sp³-hybridized carbons (Fsp3) is 0.125. The van der Waals surface area contributed by atoms with E-state index in [2.05, 4.69) is 5.32 Å². The van der Waals surface area contributed by atoms with Gasteiger partial charge in [-0.2, -0.15) is 5.26 Å². The van der Waals surface area contributed by atoms with Gasteiger partial charge in [0, 0.05) is 10.7 Å². The topological polar surface area (TPSA) is 99.4 Å². The molecule has 2 aromatic rings. The second kappa shape index (κ2) is 9.79. The van der Waals surface area contributed by atoms with Crippen molar-refractivity contribution in [2.24, 2.45) is 0 Å². The van der Waals surface area contributed by atoms with E-state index >= 15 is 0 Å². The summed E-state index contributed by atoms with van der Waals surface area (Å²) in [5.74, 6) is -2.99. The van der Waals surface area contributed by atoms with Crippen LogP contribution in [-0.4, -0.2) is 23.7 Å². The summed E-state index contributed by atoms with van der Waals surface area (Å²) in [6, 6.07) is 18.0. The molecule has 0 bridgehead atoms. The standard InChI is InChI=1S/C24H19ClN2O4/c1-15-20(23(28)29)21(17-10-5-11-18(25)13-17)22(19(14-26)27-15)24(30)31-12-6-9-16-7-3-2-4-8-16/h2-11,13,21,27H,12H2,1H3,(H,28,29). The van der Waals surface area contributed by atoms with Crippen molar-refractivity contribution >= 4 is 29.6 Å². The first-order valence-electron chi connectivity index (χ1n) is 9.42. The van der Waals surface area contributed by atoms with Crippen molar-refractivity contribution in [2.45, 2.75) is 12.8 Å². The normalized spacial score (nSPS) is 16.1. The van der Waals surface area contributed by atoms with Crippen LogP contribution in [0.5, 0.6) is 0 Å². The van der Waals surface area contributed by atoms with E-state index in [0.29, 0.717) is 10.6 Å².